The van der Waals surface area contributed by atoms with Crippen LogP contribution >= 0.6 is 22.9 Å². The zero-order valence-electron chi connectivity index (χ0n) is 14.8. The van der Waals surface area contributed by atoms with Crippen LogP contribution in [0.4, 0.5) is 5.69 Å². The SMILES string of the molecule is COc1cc(C=NNc2ccc(C(=O)O)cc2)ccc1OCc1cnc(Cl)s1. The maximum absolute atomic E-state index is 10.8. The van der Waals surface area contributed by atoms with E-state index < -0.39 is 5.97 Å². The lowest BCUT2D eigenvalue weighted by Gasteiger charge is -2.10. The average molecular weight is 418 g/mol. The Kier molecular flexibility index (Phi) is 6.46. The van der Waals surface area contributed by atoms with E-state index in [1.165, 1.54) is 23.5 Å². The van der Waals surface area contributed by atoms with E-state index in [0.29, 0.717) is 28.3 Å². The number of anilines is 1. The van der Waals surface area contributed by atoms with Crippen molar-refractivity contribution in [1.82, 2.24) is 4.98 Å². The molecule has 1 heterocycles. The van der Waals surface area contributed by atoms with E-state index in [0.717, 1.165) is 10.4 Å². The Balaban J connectivity index is 1.62. The summed E-state index contributed by atoms with van der Waals surface area (Å²) in [6.07, 6.45) is 3.30. The largest absolute Gasteiger partial charge is 0.493 e. The van der Waals surface area contributed by atoms with Gasteiger partial charge in [0, 0.05) is 6.20 Å². The summed E-state index contributed by atoms with van der Waals surface area (Å²) in [6, 6.07) is 11.7. The number of carbonyl (C=O) groups is 1. The Morgan fingerprint density at radius 3 is 2.71 bits per heavy atom. The van der Waals surface area contributed by atoms with Crippen molar-refractivity contribution in [3.8, 4) is 11.5 Å². The van der Waals surface area contributed by atoms with Gasteiger partial charge in [0.15, 0.2) is 16.0 Å². The van der Waals surface area contributed by atoms with Gasteiger partial charge in [-0.3, -0.25) is 5.43 Å². The number of aromatic nitrogens is 1. The van der Waals surface area contributed by atoms with Crippen LogP contribution in [0.15, 0.2) is 53.8 Å². The third-order valence-electron chi connectivity index (χ3n) is 3.62. The summed E-state index contributed by atoms with van der Waals surface area (Å²) >= 11 is 7.18. The zero-order valence-corrected chi connectivity index (χ0v) is 16.3. The highest BCUT2D eigenvalue weighted by Crippen LogP contribution is 2.29. The molecule has 7 nitrogen and oxygen atoms in total. The van der Waals surface area contributed by atoms with Gasteiger partial charge in [-0.15, -0.1) is 11.3 Å². The maximum atomic E-state index is 10.8. The van der Waals surface area contributed by atoms with E-state index >= 15 is 0 Å². The number of ether oxygens (including phenoxy) is 2. The van der Waals surface area contributed by atoms with Gasteiger partial charge < -0.3 is 14.6 Å². The second kappa shape index (κ2) is 9.20. The summed E-state index contributed by atoms with van der Waals surface area (Å²) in [5.41, 5.74) is 4.55. The van der Waals surface area contributed by atoms with Gasteiger partial charge in [0.05, 0.1) is 29.5 Å². The number of nitrogens with zero attached hydrogens (tertiary/aromatic N) is 2. The maximum Gasteiger partial charge on any atom is 0.335 e. The van der Waals surface area contributed by atoms with Crippen molar-refractivity contribution in [3.63, 3.8) is 0 Å². The second-order valence-electron chi connectivity index (χ2n) is 5.53. The Morgan fingerprint density at radius 1 is 1.29 bits per heavy atom. The minimum atomic E-state index is -0.970. The summed E-state index contributed by atoms with van der Waals surface area (Å²) in [4.78, 5) is 15.7. The lowest BCUT2D eigenvalue weighted by molar-refractivity contribution is 0.0697. The molecule has 0 aliphatic carbocycles. The molecular formula is C19H16ClN3O4S. The monoisotopic (exact) mass is 417 g/mol. The summed E-state index contributed by atoms with van der Waals surface area (Å²) in [5.74, 6) is 0.203. The number of halogens is 1. The molecule has 28 heavy (non-hydrogen) atoms. The van der Waals surface area contributed by atoms with Gasteiger partial charge in [-0.25, -0.2) is 9.78 Å². The minimum Gasteiger partial charge on any atom is -0.493 e. The Hall–Kier alpha value is -3.10. The fourth-order valence-corrected chi connectivity index (χ4v) is 3.14. The highest BCUT2D eigenvalue weighted by atomic mass is 35.5. The van der Waals surface area contributed by atoms with Crippen LogP contribution in [0, 0.1) is 0 Å². The first kappa shape index (κ1) is 19.7. The molecule has 2 aromatic carbocycles. The van der Waals surface area contributed by atoms with E-state index in [1.54, 1.807) is 43.8 Å². The topological polar surface area (TPSA) is 93.0 Å². The fraction of sp³-hybridized carbons (Fsp3) is 0.105. The van der Waals surface area contributed by atoms with Gasteiger partial charge in [0.1, 0.15) is 6.61 Å². The lowest BCUT2D eigenvalue weighted by Crippen LogP contribution is -1.98. The molecule has 0 spiro atoms. The molecule has 0 saturated heterocycles. The van der Waals surface area contributed by atoms with Crippen LogP contribution in [0.1, 0.15) is 20.8 Å². The number of hydrazone groups is 1. The molecule has 2 N–H and O–H groups in total. The third-order valence-corrected chi connectivity index (χ3v) is 4.71. The van der Waals surface area contributed by atoms with Gasteiger partial charge in [0.2, 0.25) is 0 Å². The zero-order chi connectivity index (χ0) is 19.9. The van der Waals surface area contributed by atoms with Crippen molar-refractivity contribution in [2.24, 2.45) is 5.10 Å². The van der Waals surface area contributed by atoms with E-state index in [2.05, 4.69) is 15.5 Å². The molecule has 3 rings (SSSR count). The van der Waals surface area contributed by atoms with Crippen molar-refractivity contribution in [2.45, 2.75) is 6.61 Å². The normalized spacial score (nSPS) is 10.8. The Bertz CT molecular complexity index is 989. The summed E-state index contributed by atoms with van der Waals surface area (Å²) in [6.45, 7) is 0.349. The molecule has 0 unspecified atom stereocenters. The molecule has 0 radical (unpaired) electrons. The number of carboxylic acids is 1. The van der Waals surface area contributed by atoms with E-state index in [1.807, 2.05) is 6.07 Å². The number of nitrogens with one attached hydrogen (secondary N) is 1. The molecule has 0 atom stereocenters. The van der Waals surface area contributed by atoms with Crippen molar-refractivity contribution in [2.75, 3.05) is 12.5 Å². The number of carboxylic acid groups (broad SMARTS) is 1. The number of hydrogen-bond donors (Lipinski definition) is 2. The van der Waals surface area contributed by atoms with Crippen molar-refractivity contribution < 1.29 is 19.4 Å². The van der Waals surface area contributed by atoms with Gasteiger partial charge >= 0.3 is 5.97 Å². The minimum absolute atomic E-state index is 0.218. The number of thiazole rings is 1. The first-order valence-corrected chi connectivity index (χ1v) is 9.28. The molecule has 144 valence electrons. The molecule has 3 aromatic rings. The standard InChI is InChI=1S/C19H16ClN3O4S/c1-26-17-8-12(2-7-16(17)27-11-15-10-21-19(20)28-15)9-22-23-14-5-3-13(4-6-14)18(24)25/h2-10,23H,11H2,1H3,(H,24,25). The molecule has 0 amide bonds. The Labute approximate surface area is 170 Å². The van der Waals surface area contributed by atoms with Crippen LogP contribution in [0.5, 0.6) is 11.5 Å². The van der Waals surface area contributed by atoms with Crippen molar-refractivity contribution in [1.29, 1.82) is 0 Å². The number of rotatable bonds is 8. The van der Waals surface area contributed by atoms with Crippen LogP contribution in [0.2, 0.25) is 4.47 Å². The highest BCUT2D eigenvalue weighted by molar-refractivity contribution is 7.15. The van der Waals surface area contributed by atoms with Gasteiger partial charge in [-0.05, 0) is 48.0 Å². The predicted octanol–water partition coefficient (Wildman–Crippen LogP) is 4.53. The van der Waals surface area contributed by atoms with Crippen LogP contribution in [-0.2, 0) is 6.61 Å². The van der Waals surface area contributed by atoms with Crippen LogP contribution in [0.25, 0.3) is 0 Å². The molecule has 9 heteroatoms. The molecule has 1 aromatic heterocycles. The van der Waals surface area contributed by atoms with E-state index in [4.69, 9.17) is 26.2 Å². The third kappa shape index (κ3) is 5.21. The summed E-state index contributed by atoms with van der Waals surface area (Å²) in [7, 11) is 1.56. The van der Waals surface area contributed by atoms with Crippen LogP contribution in [-0.4, -0.2) is 29.4 Å². The quantitative estimate of drug-likeness (QED) is 0.413. The summed E-state index contributed by atoms with van der Waals surface area (Å²) < 4.78 is 11.6. The molecular weight excluding hydrogens is 402 g/mol. The highest BCUT2D eigenvalue weighted by Gasteiger charge is 2.07. The molecule has 0 saturated carbocycles. The molecule has 0 aliphatic rings. The molecule has 0 aliphatic heterocycles. The fourth-order valence-electron chi connectivity index (χ4n) is 2.25. The van der Waals surface area contributed by atoms with Gasteiger partial charge in [0.25, 0.3) is 0 Å². The number of benzene rings is 2. The lowest BCUT2D eigenvalue weighted by atomic mass is 10.2. The summed E-state index contributed by atoms with van der Waals surface area (Å²) in [5, 5.41) is 13.0. The first-order chi connectivity index (χ1) is 13.5. The van der Waals surface area contributed by atoms with Crippen LogP contribution in [0.3, 0.4) is 0 Å². The molecule has 0 fully saturated rings. The second-order valence-corrected chi connectivity index (χ2v) is 7.23. The predicted molar refractivity (Wildman–Crippen MR) is 109 cm³/mol. The average Bonchev–Trinajstić information content (AvgIpc) is 3.12. The number of hydrogen-bond acceptors (Lipinski definition) is 7. The number of aromatic carboxylic acids is 1. The van der Waals surface area contributed by atoms with Crippen LogP contribution < -0.4 is 14.9 Å². The number of methoxy groups -OCH3 is 1. The van der Waals surface area contributed by atoms with Gasteiger partial charge in [-0.1, -0.05) is 11.6 Å². The smallest absolute Gasteiger partial charge is 0.335 e. The van der Waals surface area contributed by atoms with Crippen molar-refractivity contribution in [3.05, 3.63) is 69.1 Å². The first-order valence-electron chi connectivity index (χ1n) is 8.08. The van der Waals surface area contributed by atoms with E-state index in [9.17, 15) is 4.79 Å². The van der Waals surface area contributed by atoms with E-state index in [-0.39, 0.29) is 5.56 Å². The van der Waals surface area contributed by atoms with Gasteiger partial charge in [-0.2, -0.15) is 5.10 Å². The molecule has 0 bridgehead atoms. The van der Waals surface area contributed by atoms with Crippen molar-refractivity contribution >= 4 is 40.8 Å². The Morgan fingerprint density at radius 2 is 2.07 bits per heavy atom.